The molecule has 2 aromatic heterocycles. The van der Waals surface area contributed by atoms with E-state index in [9.17, 15) is 9.59 Å². The lowest BCUT2D eigenvalue weighted by atomic mass is 10.1. The SMILES string of the molecule is O=C(NCc1ccc(Cl)cc1)c1cc2cccnc2n(Cc2ccc(Cl)cc2)c1=O. The summed E-state index contributed by atoms with van der Waals surface area (Å²) in [6, 6.07) is 19.6. The van der Waals surface area contributed by atoms with Crippen molar-refractivity contribution in [3.8, 4) is 0 Å². The number of hydrogen-bond acceptors (Lipinski definition) is 3. The summed E-state index contributed by atoms with van der Waals surface area (Å²) in [6.45, 7) is 0.569. The van der Waals surface area contributed by atoms with Crippen molar-refractivity contribution in [2.45, 2.75) is 13.1 Å². The topological polar surface area (TPSA) is 64.0 Å². The van der Waals surface area contributed by atoms with Gasteiger partial charge in [-0.15, -0.1) is 0 Å². The van der Waals surface area contributed by atoms with Gasteiger partial charge in [0, 0.05) is 28.2 Å². The summed E-state index contributed by atoms with van der Waals surface area (Å²) < 4.78 is 1.51. The highest BCUT2D eigenvalue weighted by atomic mass is 35.5. The lowest BCUT2D eigenvalue weighted by Gasteiger charge is -2.13. The number of pyridine rings is 2. The van der Waals surface area contributed by atoms with Crippen LogP contribution in [0.25, 0.3) is 11.0 Å². The Balaban J connectivity index is 1.68. The molecule has 2 aromatic carbocycles. The van der Waals surface area contributed by atoms with E-state index in [1.807, 2.05) is 30.3 Å². The maximum Gasteiger partial charge on any atom is 0.265 e. The molecule has 0 bridgehead atoms. The van der Waals surface area contributed by atoms with Gasteiger partial charge >= 0.3 is 0 Å². The zero-order valence-electron chi connectivity index (χ0n) is 15.8. The van der Waals surface area contributed by atoms with Crippen molar-refractivity contribution < 1.29 is 4.79 Å². The van der Waals surface area contributed by atoms with E-state index in [1.165, 1.54) is 4.57 Å². The fourth-order valence-electron chi connectivity index (χ4n) is 3.17. The number of carbonyl (C=O) groups is 1. The minimum atomic E-state index is -0.439. The van der Waals surface area contributed by atoms with Crippen LogP contribution in [-0.4, -0.2) is 15.5 Å². The third kappa shape index (κ3) is 4.37. The van der Waals surface area contributed by atoms with E-state index < -0.39 is 11.5 Å². The minimum absolute atomic E-state index is 0.0680. The molecule has 4 rings (SSSR count). The average molecular weight is 438 g/mol. The number of amides is 1. The summed E-state index contributed by atoms with van der Waals surface area (Å²) in [5.74, 6) is -0.439. The fourth-order valence-corrected chi connectivity index (χ4v) is 3.42. The molecule has 4 aromatic rings. The van der Waals surface area contributed by atoms with Crippen LogP contribution >= 0.6 is 23.2 Å². The van der Waals surface area contributed by atoms with Crippen molar-refractivity contribution in [3.63, 3.8) is 0 Å². The Labute approximate surface area is 182 Å². The molecule has 0 aliphatic carbocycles. The summed E-state index contributed by atoms with van der Waals surface area (Å²) in [5.41, 5.74) is 1.96. The van der Waals surface area contributed by atoms with Crippen LogP contribution in [0.4, 0.5) is 0 Å². The third-order valence-corrected chi connectivity index (χ3v) is 5.22. The van der Waals surface area contributed by atoms with Gasteiger partial charge in [0.25, 0.3) is 11.5 Å². The Kier molecular flexibility index (Phi) is 5.84. The second-order valence-corrected chi connectivity index (χ2v) is 7.67. The van der Waals surface area contributed by atoms with Gasteiger partial charge in [0.05, 0.1) is 6.54 Å². The third-order valence-electron chi connectivity index (χ3n) is 4.71. The summed E-state index contributed by atoms with van der Waals surface area (Å²) in [5, 5.41) is 4.75. The number of rotatable bonds is 5. The normalized spacial score (nSPS) is 10.9. The van der Waals surface area contributed by atoms with Crippen LogP contribution in [0.1, 0.15) is 21.5 Å². The van der Waals surface area contributed by atoms with Crippen LogP contribution in [0.2, 0.25) is 10.0 Å². The molecule has 7 heteroatoms. The Morgan fingerprint density at radius 1 is 0.933 bits per heavy atom. The minimum Gasteiger partial charge on any atom is -0.348 e. The monoisotopic (exact) mass is 437 g/mol. The van der Waals surface area contributed by atoms with Crippen LogP contribution in [0.15, 0.2) is 77.7 Å². The van der Waals surface area contributed by atoms with Crippen LogP contribution in [0, 0.1) is 0 Å². The van der Waals surface area contributed by atoms with Gasteiger partial charge < -0.3 is 5.32 Å². The van der Waals surface area contributed by atoms with Crippen molar-refractivity contribution >= 4 is 40.1 Å². The number of halogens is 2. The number of aromatic nitrogens is 2. The maximum atomic E-state index is 13.2. The number of hydrogen-bond donors (Lipinski definition) is 1. The van der Waals surface area contributed by atoms with Crippen LogP contribution < -0.4 is 10.9 Å². The van der Waals surface area contributed by atoms with Crippen molar-refractivity contribution in [1.82, 2.24) is 14.9 Å². The largest absolute Gasteiger partial charge is 0.348 e. The van der Waals surface area contributed by atoms with E-state index in [0.29, 0.717) is 21.1 Å². The van der Waals surface area contributed by atoms with E-state index in [1.54, 1.807) is 42.6 Å². The fraction of sp³-hybridized carbons (Fsp3) is 0.0870. The summed E-state index contributed by atoms with van der Waals surface area (Å²) in [4.78, 5) is 30.3. The zero-order chi connectivity index (χ0) is 21.1. The second-order valence-electron chi connectivity index (χ2n) is 6.80. The molecule has 0 unspecified atom stereocenters. The quantitative estimate of drug-likeness (QED) is 0.492. The van der Waals surface area contributed by atoms with Crippen molar-refractivity contribution in [2.24, 2.45) is 0 Å². The molecule has 0 saturated heterocycles. The van der Waals surface area contributed by atoms with Gasteiger partial charge in [-0.1, -0.05) is 47.5 Å². The molecular weight excluding hydrogens is 421 g/mol. The molecule has 0 spiro atoms. The number of fused-ring (bicyclic) bond motifs is 1. The predicted molar refractivity (Wildman–Crippen MR) is 119 cm³/mol. The molecule has 0 aliphatic heterocycles. The summed E-state index contributed by atoms with van der Waals surface area (Å²) in [6.07, 6.45) is 1.63. The molecule has 150 valence electrons. The van der Waals surface area contributed by atoms with Gasteiger partial charge in [-0.2, -0.15) is 0 Å². The summed E-state index contributed by atoms with van der Waals surface area (Å²) >= 11 is 11.9. The molecule has 0 saturated carbocycles. The van der Waals surface area contributed by atoms with Gasteiger partial charge in [0.1, 0.15) is 11.2 Å². The number of nitrogens with zero attached hydrogens (tertiary/aromatic N) is 2. The molecule has 0 atom stereocenters. The van der Waals surface area contributed by atoms with E-state index in [2.05, 4.69) is 10.3 Å². The molecule has 1 N–H and O–H groups in total. The molecule has 2 heterocycles. The first kappa shape index (κ1) is 20.1. The Hall–Kier alpha value is -3.15. The molecule has 0 aliphatic rings. The molecule has 5 nitrogen and oxygen atoms in total. The van der Waals surface area contributed by atoms with Crippen LogP contribution in [0.5, 0.6) is 0 Å². The molecule has 30 heavy (non-hydrogen) atoms. The first-order chi connectivity index (χ1) is 14.5. The lowest BCUT2D eigenvalue weighted by molar-refractivity contribution is 0.0949. The number of benzene rings is 2. The molecule has 0 radical (unpaired) electrons. The summed E-state index contributed by atoms with van der Waals surface area (Å²) in [7, 11) is 0. The first-order valence-corrected chi connectivity index (χ1v) is 10.0. The van der Waals surface area contributed by atoms with Gasteiger partial charge in [0.15, 0.2) is 0 Å². The first-order valence-electron chi connectivity index (χ1n) is 9.27. The number of carbonyl (C=O) groups excluding carboxylic acids is 1. The molecule has 1 amide bonds. The van der Waals surface area contributed by atoms with E-state index in [0.717, 1.165) is 11.1 Å². The maximum absolute atomic E-state index is 13.2. The molecule has 0 fully saturated rings. The average Bonchev–Trinajstić information content (AvgIpc) is 2.76. The Morgan fingerprint density at radius 3 is 2.23 bits per heavy atom. The highest BCUT2D eigenvalue weighted by molar-refractivity contribution is 6.30. The standard InChI is InChI=1S/C23H17Cl2N3O2/c24-18-7-3-15(4-8-18)13-27-22(29)20-12-17-2-1-11-26-21(17)28(23(20)30)14-16-5-9-19(25)10-6-16/h1-12H,13-14H2,(H,27,29). The number of nitrogens with one attached hydrogen (secondary N) is 1. The van der Waals surface area contributed by atoms with Gasteiger partial charge in [-0.05, 0) is 53.6 Å². The highest BCUT2D eigenvalue weighted by Crippen LogP contribution is 2.15. The Morgan fingerprint density at radius 2 is 1.57 bits per heavy atom. The molecular formula is C23H17Cl2N3O2. The van der Waals surface area contributed by atoms with Gasteiger partial charge in [0.2, 0.25) is 0 Å². The van der Waals surface area contributed by atoms with E-state index >= 15 is 0 Å². The van der Waals surface area contributed by atoms with E-state index in [-0.39, 0.29) is 18.7 Å². The zero-order valence-corrected chi connectivity index (χ0v) is 17.3. The predicted octanol–water partition coefficient (Wildman–Crippen LogP) is 4.68. The smallest absolute Gasteiger partial charge is 0.265 e. The van der Waals surface area contributed by atoms with Crippen molar-refractivity contribution in [2.75, 3.05) is 0 Å². The van der Waals surface area contributed by atoms with E-state index in [4.69, 9.17) is 23.2 Å². The van der Waals surface area contributed by atoms with Crippen LogP contribution in [0.3, 0.4) is 0 Å². The second kappa shape index (κ2) is 8.69. The van der Waals surface area contributed by atoms with Crippen LogP contribution in [-0.2, 0) is 13.1 Å². The van der Waals surface area contributed by atoms with Crippen molar-refractivity contribution in [1.29, 1.82) is 0 Å². The Bertz CT molecular complexity index is 1270. The van der Waals surface area contributed by atoms with Crippen molar-refractivity contribution in [3.05, 3.63) is 110 Å². The van der Waals surface area contributed by atoms with Gasteiger partial charge in [-0.3, -0.25) is 14.2 Å². The van der Waals surface area contributed by atoms with Gasteiger partial charge in [-0.25, -0.2) is 4.98 Å². The lowest BCUT2D eigenvalue weighted by Crippen LogP contribution is -2.33. The highest BCUT2D eigenvalue weighted by Gasteiger charge is 2.16.